The van der Waals surface area contributed by atoms with Crippen molar-refractivity contribution >= 4 is 5.82 Å². The standard InChI is InChI=1S/C10H13N5O/c1-2-3-15-7-8(4-13-15)16-10-6-12-5-9(11)14-10/h4-7H,2-3H2,1H3,(H2,11,14). The first-order valence-corrected chi connectivity index (χ1v) is 5.05. The molecule has 0 aromatic carbocycles. The van der Waals surface area contributed by atoms with Crippen LogP contribution in [0.2, 0.25) is 0 Å². The molecule has 0 fully saturated rings. The van der Waals surface area contributed by atoms with Crippen LogP contribution in [0.4, 0.5) is 5.82 Å². The van der Waals surface area contributed by atoms with Crippen LogP contribution in [-0.2, 0) is 6.54 Å². The van der Waals surface area contributed by atoms with Crippen molar-refractivity contribution < 1.29 is 4.74 Å². The van der Waals surface area contributed by atoms with Gasteiger partial charge in [-0.15, -0.1) is 0 Å². The number of hydrogen-bond donors (Lipinski definition) is 1. The highest BCUT2D eigenvalue weighted by molar-refractivity contribution is 5.28. The molecule has 6 heteroatoms. The van der Waals surface area contributed by atoms with E-state index in [1.54, 1.807) is 6.20 Å². The third kappa shape index (κ3) is 2.47. The van der Waals surface area contributed by atoms with Gasteiger partial charge in [-0.3, -0.25) is 9.67 Å². The molecule has 0 aliphatic carbocycles. The Bertz CT molecular complexity index is 468. The average molecular weight is 219 g/mol. The molecule has 2 N–H and O–H groups in total. The number of hydrogen-bond acceptors (Lipinski definition) is 5. The highest BCUT2D eigenvalue weighted by Gasteiger charge is 2.02. The molecule has 2 aromatic rings. The van der Waals surface area contributed by atoms with Crippen LogP contribution in [0.1, 0.15) is 13.3 Å². The summed E-state index contributed by atoms with van der Waals surface area (Å²) in [5.74, 6) is 1.34. The summed E-state index contributed by atoms with van der Waals surface area (Å²) < 4.78 is 7.26. The molecule has 0 radical (unpaired) electrons. The Labute approximate surface area is 93.1 Å². The lowest BCUT2D eigenvalue weighted by Crippen LogP contribution is -1.96. The van der Waals surface area contributed by atoms with E-state index in [2.05, 4.69) is 22.0 Å². The summed E-state index contributed by atoms with van der Waals surface area (Å²) in [6.45, 7) is 2.96. The Hall–Kier alpha value is -2.11. The molecular weight excluding hydrogens is 206 g/mol. The minimum Gasteiger partial charge on any atom is -0.434 e. The van der Waals surface area contributed by atoms with E-state index in [0.29, 0.717) is 17.4 Å². The van der Waals surface area contributed by atoms with Gasteiger partial charge in [-0.1, -0.05) is 6.92 Å². The van der Waals surface area contributed by atoms with Gasteiger partial charge in [-0.05, 0) is 6.42 Å². The molecule has 2 heterocycles. The van der Waals surface area contributed by atoms with Crippen LogP contribution in [0, 0.1) is 0 Å². The Morgan fingerprint density at radius 1 is 1.38 bits per heavy atom. The number of aryl methyl sites for hydroxylation is 1. The van der Waals surface area contributed by atoms with Crippen molar-refractivity contribution in [3.63, 3.8) is 0 Å². The number of nitrogens with two attached hydrogens (primary N) is 1. The fourth-order valence-corrected chi connectivity index (χ4v) is 1.28. The maximum atomic E-state index is 5.49. The molecule has 2 aromatic heterocycles. The molecule has 2 rings (SSSR count). The second-order valence-corrected chi connectivity index (χ2v) is 3.32. The van der Waals surface area contributed by atoms with Crippen LogP contribution >= 0.6 is 0 Å². The normalized spacial score (nSPS) is 10.3. The molecule has 0 spiro atoms. The molecule has 0 atom stereocenters. The Morgan fingerprint density at radius 3 is 3.00 bits per heavy atom. The lowest BCUT2D eigenvalue weighted by Gasteiger charge is -2.00. The summed E-state index contributed by atoms with van der Waals surface area (Å²) in [7, 11) is 0. The van der Waals surface area contributed by atoms with E-state index in [-0.39, 0.29) is 0 Å². The largest absolute Gasteiger partial charge is 0.434 e. The second-order valence-electron chi connectivity index (χ2n) is 3.32. The van der Waals surface area contributed by atoms with Gasteiger partial charge < -0.3 is 10.5 Å². The van der Waals surface area contributed by atoms with Crippen LogP contribution in [0.15, 0.2) is 24.8 Å². The van der Waals surface area contributed by atoms with Gasteiger partial charge in [0.05, 0.1) is 24.8 Å². The molecule has 16 heavy (non-hydrogen) atoms. The molecule has 0 aliphatic heterocycles. The molecule has 0 bridgehead atoms. The summed E-state index contributed by atoms with van der Waals surface area (Å²) in [6, 6.07) is 0. The van der Waals surface area contributed by atoms with Crippen LogP contribution in [0.5, 0.6) is 11.6 Å². The first-order valence-electron chi connectivity index (χ1n) is 5.05. The quantitative estimate of drug-likeness (QED) is 0.842. The van der Waals surface area contributed by atoms with Crippen LogP contribution < -0.4 is 10.5 Å². The van der Waals surface area contributed by atoms with E-state index in [1.165, 1.54) is 12.4 Å². The van der Waals surface area contributed by atoms with Crippen molar-refractivity contribution in [1.82, 2.24) is 19.7 Å². The lowest BCUT2D eigenvalue weighted by atomic mass is 10.5. The molecule has 0 saturated carbocycles. The van der Waals surface area contributed by atoms with E-state index < -0.39 is 0 Å². The Morgan fingerprint density at radius 2 is 2.25 bits per heavy atom. The van der Waals surface area contributed by atoms with E-state index in [0.717, 1.165) is 13.0 Å². The smallest absolute Gasteiger partial charge is 0.239 e. The number of nitrogens with zero attached hydrogens (tertiary/aromatic N) is 4. The second kappa shape index (κ2) is 4.61. The Kier molecular flexibility index (Phi) is 3.00. The highest BCUT2D eigenvalue weighted by atomic mass is 16.5. The lowest BCUT2D eigenvalue weighted by molar-refractivity contribution is 0.459. The zero-order chi connectivity index (χ0) is 11.4. The third-order valence-corrected chi connectivity index (χ3v) is 1.92. The first kappa shape index (κ1) is 10.4. The minimum absolute atomic E-state index is 0.332. The highest BCUT2D eigenvalue weighted by Crippen LogP contribution is 2.18. The molecule has 6 nitrogen and oxygen atoms in total. The van der Waals surface area contributed by atoms with E-state index in [1.807, 2.05) is 10.9 Å². The molecule has 0 aliphatic rings. The zero-order valence-corrected chi connectivity index (χ0v) is 9.00. The minimum atomic E-state index is 0.332. The fourth-order valence-electron chi connectivity index (χ4n) is 1.28. The van der Waals surface area contributed by atoms with Crippen LogP contribution in [0.3, 0.4) is 0 Å². The molecule has 0 amide bonds. The van der Waals surface area contributed by atoms with Gasteiger partial charge in [0, 0.05) is 6.54 Å². The van der Waals surface area contributed by atoms with Crippen molar-refractivity contribution in [1.29, 1.82) is 0 Å². The van der Waals surface area contributed by atoms with Crippen LogP contribution in [0.25, 0.3) is 0 Å². The fraction of sp³-hybridized carbons (Fsp3) is 0.300. The first-order chi connectivity index (χ1) is 7.78. The van der Waals surface area contributed by atoms with Crippen molar-refractivity contribution in [2.45, 2.75) is 19.9 Å². The number of anilines is 1. The van der Waals surface area contributed by atoms with E-state index >= 15 is 0 Å². The van der Waals surface area contributed by atoms with E-state index in [9.17, 15) is 0 Å². The topological polar surface area (TPSA) is 78.9 Å². The molecule has 84 valence electrons. The van der Waals surface area contributed by atoms with Gasteiger partial charge in [0.25, 0.3) is 0 Å². The van der Waals surface area contributed by atoms with E-state index in [4.69, 9.17) is 10.5 Å². The van der Waals surface area contributed by atoms with Crippen molar-refractivity contribution in [2.24, 2.45) is 0 Å². The summed E-state index contributed by atoms with van der Waals surface area (Å²) in [4.78, 5) is 7.86. The van der Waals surface area contributed by atoms with Crippen molar-refractivity contribution in [2.75, 3.05) is 5.73 Å². The predicted molar refractivity (Wildman–Crippen MR) is 59.0 cm³/mol. The SMILES string of the molecule is CCCn1cc(Oc2cncc(N)n2)cn1. The van der Waals surface area contributed by atoms with Gasteiger partial charge >= 0.3 is 0 Å². The average Bonchev–Trinajstić information content (AvgIpc) is 2.66. The number of ether oxygens (including phenoxy) is 1. The summed E-state index contributed by atoms with van der Waals surface area (Å²) in [5.41, 5.74) is 5.49. The van der Waals surface area contributed by atoms with Gasteiger partial charge in [-0.2, -0.15) is 10.1 Å². The monoisotopic (exact) mass is 219 g/mol. The summed E-state index contributed by atoms with van der Waals surface area (Å²) in [5, 5.41) is 4.14. The Balaban J connectivity index is 2.08. The maximum Gasteiger partial charge on any atom is 0.239 e. The molecule has 0 saturated heterocycles. The predicted octanol–water partition coefficient (Wildman–Crippen LogP) is 1.46. The molecule has 0 unspecified atom stereocenters. The molecular formula is C10H13N5O. The number of nitrogen functional groups attached to an aromatic ring is 1. The van der Waals surface area contributed by atoms with Gasteiger partial charge in [0.1, 0.15) is 5.82 Å². The van der Waals surface area contributed by atoms with Gasteiger partial charge in [-0.25, -0.2) is 0 Å². The van der Waals surface area contributed by atoms with Gasteiger partial charge in [0.2, 0.25) is 5.88 Å². The van der Waals surface area contributed by atoms with Crippen molar-refractivity contribution in [3.05, 3.63) is 24.8 Å². The van der Waals surface area contributed by atoms with Crippen molar-refractivity contribution in [3.8, 4) is 11.6 Å². The maximum absolute atomic E-state index is 5.49. The summed E-state index contributed by atoms with van der Waals surface area (Å²) in [6.07, 6.45) is 7.45. The number of aromatic nitrogens is 4. The number of rotatable bonds is 4. The van der Waals surface area contributed by atoms with Gasteiger partial charge in [0.15, 0.2) is 5.75 Å². The van der Waals surface area contributed by atoms with Crippen LogP contribution in [-0.4, -0.2) is 19.7 Å². The summed E-state index contributed by atoms with van der Waals surface area (Å²) >= 11 is 0. The third-order valence-electron chi connectivity index (χ3n) is 1.92. The zero-order valence-electron chi connectivity index (χ0n) is 9.00.